The number of aliphatic hydroxyl groups is 1. The van der Waals surface area contributed by atoms with Gasteiger partial charge in [-0.15, -0.1) is 0 Å². The second-order valence-corrected chi connectivity index (χ2v) is 5.34. The molecule has 1 unspecified atom stereocenters. The summed E-state index contributed by atoms with van der Waals surface area (Å²) in [5.74, 6) is 0. The maximum absolute atomic E-state index is 8.76. The number of aryl methyl sites for hydroxylation is 3. The van der Waals surface area contributed by atoms with Gasteiger partial charge in [-0.05, 0) is 63.3 Å². The zero-order chi connectivity index (χ0) is 14.3. The lowest BCUT2D eigenvalue weighted by Crippen LogP contribution is -2.30. The van der Waals surface area contributed by atoms with Gasteiger partial charge in [0.25, 0.3) is 0 Å². The van der Waals surface area contributed by atoms with Crippen LogP contribution in [0.1, 0.15) is 47.6 Å². The largest absolute Gasteiger partial charge is 0.396 e. The van der Waals surface area contributed by atoms with Crippen LogP contribution in [0.2, 0.25) is 0 Å². The summed E-state index contributed by atoms with van der Waals surface area (Å²) in [6, 6.07) is 4.67. The van der Waals surface area contributed by atoms with E-state index >= 15 is 0 Å². The fourth-order valence-corrected chi connectivity index (χ4v) is 2.73. The Morgan fingerprint density at radius 2 is 1.74 bits per heavy atom. The molecule has 108 valence electrons. The summed E-state index contributed by atoms with van der Waals surface area (Å²) in [6.45, 7) is 8.30. The summed E-state index contributed by atoms with van der Waals surface area (Å²) in [5, 5.41) is 12.3. The third-order valence-electron chi connectivity index (χ3n) is 3.55. The Hall–Kier alpha value is -0.900. The number of nitrogens with two attached hydrogens (primary N) is 1. The van der Waals surface area contributed by atoms with E-state index < -0.39 is 0 Å². The minimum atomic E-state index is 0.231. The van der Waals surface area contributed by atoms with Gasteiger partial charge in [-0.1, -0.05) is 17.7 Å². The first-order valence-electron chi connectivity index (χ1n) is 7.22. The van der Waals surface area contributed by atoms with Crippen molar-refractivity contribution in [1.29, 1.82) is 0 Å². The molecule has 0 bridgehead atoms. The van der Waals surface area contributed by atoms with Gasteiger partial charge in [-0.2, -0.15) is 0 Å². The van der Waals surface area contributed by atoms with E-state index in [0.29, 0.717) is 6.54 Å². The summed E-state index contributed by atoms with van der Waals surface area (Å²) < 4.78 is 0. The zero-order valence-corrected chi connectivity index (χ0v) is 12.5. The Bertz CT molecular complexity index is 367. The van der Waals surface area contributed by atoms with Gasteiger partial charge in [-0.25, -0.2) is 0 Å². The van der Waals surface area contributed by atoms with Crippen molar-refractivity contribution in [1.82, 2.24) is 5.32 Å². The Kier molecular flexibility index (Phi) is 7.06. The highest BCUT2D eigenvalue weighted by molar-refractivity contribution is 5.39. The third kappa shape index (κ3) is 4.94. The highest BCUT2D eigenvalue weighted by Gasteiger charge is 2.14. The molecule has 0 amide bonds. The monoisotopic (exact) mass is 264 g/mol. The van der Waals surface area contributed by atoms with E-state index in [4.69, 9.17) is 10.8 Å². The van der Waals surface area contributed by atoms with Gasteiger partial charge >= 0.3 is 0 Å². The van der Waals surface area contributed by atoms with E-state index in [9.17, 15) is 0 Å². The summed E-state index contributed by atoms with van der Waals surface area (Å²) in [4.78, 5) is 0. The number of hydrogen-bond donors (Lipinski definition) is 3. The molecule has 1 aromatic carbocycles. The van der Waals surface area contributed by atoms with Crippen molar-refractivity contribution in [3.8, 4) is 0 Å². The molecule has 4 N–H and O–H groups in total. The first kappa shape index (κ1) is 16.2. The number of hydrogen-bond acceptors (Lipinski definition) is 3. The van der Waals surface area contributed by atoms with Crippen molar-refractivity contribution in [2.75, 3.05) is 19.7 Å². The van der Waals surface area contributed by atoms with E-state index in [1.807, 2.05) is 0 Å². The van der Waals surface area contributed by atoms with Gasteiger partial charge in [0, 0.05) is 19.2 Å². The molecular weight excluding hydrogens is 236 g/mol. The topological polar surface area (TPSA) is 58.3 Å². The second kappa shape index (κ2) is 8.31. The number of benzene rings is 1. The normalized spacial score (nSPS) is 12.7. The fourth-order valence-electron chi connectivity index (χ4n) is 2.73. The molecule has 0 spiro atoms. The lowest BCUT2D eigenvalue weighted by atomic mass is 9.94. The summed E-state index contributed by atoms with van der Waals surface area (Å²) in [6.07, 6.45) is 3.03. The molecule has 0 saturated carbocycles. The first-order valence-corrected chi connectivity index (χ1v) is 7.22. The average Bonchev–Trinajstić information content (AvgIpc) is 2.35. The number of unbranched alkanes of at least 4 members (excludes halogenated alkanes) is 2. The Labute approximate surface area is 117 Å². The lowest BCUT2D eigenvalue weighted by Gasteiger charge is -2.22. The van der Waals surface area contributed by atoms with Gasteiger partial charge in [0.1, 0.15) is 0 Å². The Morgan fingerprint density at radius 1 is 1.11 bits per heavy atom. The van der Waals surface area contributed by atoms with Crippen molar-refractivity contribution >= 4 is 0 Å². The SMILES string of the molecule is Cc1cc(C)c(C(CN)NCCCCCO)c(C)c1. The van der Waals surface area contributed by atoms with E-state index in [1.54, 1.807) is 0 Å². The van der Waals surface area contributed by atoms with Crippen LogP contribution in [0.4, 0.5) is 0 Å². The third-order valence-corrected chi connectivity index (χ3v) is 3.55. The molecule has 3 nitrogen and oxygen atoms in total. The summed E-state index contributed by atoms with van der Waals surface area (Å²) >= 11 is 0. The van der Waals surface area contributed by atoms with Gasteiger partial charge in [-0.3, -0.25) is 0 Å². The predicted octanol–water partition coefficient (Wildman–Crippen LogP) is 2.36. The molecule has 0 heterocycles. The maximum Gasteiger partial charge on any atom is 0.0449 e. The highest BCUT2D eigenvalue weighted by atomic mass is 16.2. The Balaban J connectivity index is 2.64. The van der Waals surface area contributed by atoms with E-state index in [1.165, 1.54) is 22.3 Å². The van der Waals surface area contributed by atoms with Crippen molar-refractivity contribution in [3.63, 3.8) is 0 Å². The van der Waals surface area contributed by atoms with Crippen molar-refractivity contribution in [3.05, 3.63) is 34.4 Å². The van der Waals surface area contributed by atoms with Gasteiger partial charge in [0.2, 0.25) is 0 Å². The quantitative estimate of drug-likeness (QED) is 0.632. The minimum absolute atomic E-state index is 0.231. The number of rotatable bonds is 8. The molecule has 0 aromatic heterocycles. The van der Waals surface area contributed by atoms with Gasteiger partial charge in [0.15, 0.2) is 0 Å². The minimum Gasteiger partial charge on any atom is -0.396 e. The molecule has 1 rings (SSSR count). The molecule has 1 atom stereocenters. The van der Waals surface area contributed by atoms with E-state index in [-0.39, 0.29) is 12.6 Å². The van der Waals surface area contributed by atoms with Crippen LogP contribution in [0.15, 0.2) is 12.1 Å². The standard InChI is InChI=1S/C16H28N2O/c1-12-9-13(2)16(14(3)10-12)15(11-17)18-7-5-4-6-8-19/h9-10,15,18-19H,4-8,11,17H2,1-3H3. The molecule has 0 radical (unpaired) electrons. The molecule has 3 heteroatoms. The van der Waals surface area contributed by atoms with Crippen LogP contribution in [0.5, 0.6) is 0 Å². The van der Waals surface area contributed by atoms with Crippen LogP contribution in [-0.2, 0) is 0 Å². The number of nitrogens with one attached hydrogen (secondary N) is 1. The molecule has 0 aliphatic carbocycles. The van der Waals surface area contributed by atoms with E-state index in [2.05, 4.69) is 38.2 Å². The van der Waals surface area contributed by atoms with Gasteiger partial charge < -0.3 is 16.2 Å². The average molecular weight is 264 g/mol. The summed E-state index contributed by atoms with van der Waals surface area (Å²) in [7, 11) is 0. The molecule has 19 heavy (non-hydrogen) atoms. The fraction of sp³-hybridized carbons (Fsp3) is 0.625. The zero-order valence-electron chi connectivity index (χ0n) is 12.5. The van der Waals surface area contributed by atoms with Gasteiger partial charge in [0.05, 0.1) is 0 Å². The van der Waals surface area contributed by atoms with Crippen LogP contribution in [-0.4, -0.2) is 24.8 Å². The highest BCUT2D eigenvalue weighted by Crippen LogP contribution is 2.23. The molecule has 0 aliphatic heterocycles. The molecular formula is C16H28N2O. The second-order valence-electron chi connectivity index (χ2n) is 5.34. The van der Waals surface area contributed by atoms with Crippen LogP contribution in [0.3, 0.4) is 0 Å². The predicted molar refractivity (Wildman–Crippen MR) is 81.4 cm³/mol. The lowest BCUT2D eigenvalue weighted by molar-refractivity contribution is 0.282. The van der Waals surface area contributed by atoms with E-state index in [0.717, 1.165) is 25.8 Å². The van der Waals surface area contributed by atoms with Crippen LogP contribution >= 0.6 is 0 Å². The van der Waals surface area contributed by atoms with Crippen molar-refractivity contribution in [2.24, 2.45) is 5.73 Å². The van der Waals surface area contributed by atoms with Crippen molar-refractivity contribution in [2.45, 2.75) is 46.1 Å². The van der Waals surface area contributed by atoms with Crippen LogP contribution in [0.25, 0.3) is 0 Å². The molecule has 1 aromatic rings. The molecule has 0 saturated heterocycles. The summed E-state index contributed by atoms with van der Waals surface area (Å²) in [5.41, 5.74) is 11.2. The smallest absolute Gasteiger partial charge is 0.0449 e. The molecule has 0 aliphatic rings. The van der Waals surface area contributed by atoms with Crippen LogP contribution in [0, 0.1) is 20.8 Å². The molecule has 0 fully saturated rings. The van der Waals surface area contributed by atoms with Crippen molar-refractivity contribution < 1.29 is 5.11 Å². The Morgan fingerprint density at radius 3 is 2.26 bits per heavy atom. The maximum atomic E-state index is 8.76. The number of aliphatic hydroxyl groups excluding tert-OH is 1. The first-order chi connectivity index (χ1) is 9.10. The van der Waals surface area contributed by atoms with Crippen LogP contribution < -0.4 is 11.1 Å².